The molecule has 0 heterocycles. The van der Waals surface area contributed by atoms with E-state index in [4.69, 9.17) is 14.6 Å². The summed E-state index contributed by atoms with van der Waals surface area (Å²) in [4.78, 5) is 26.0. The van der Waals surface area contributed by atoms with Gasteiger partial charge in [0.05, 0.1) is 32.8 Å². The summed E-state index contributed by atoms with van der Waals surface area (Å²) >= 11 is 0. The number of carbonyl (C=O) groups excluding carboxylic acids is 2. The van der Waals surface area contributed by atoms with Crippen LogP contribution in [0.15, 0.2) is 18.2 Å². The first-order valence-corrected chi connectivity index (χ1v) is 8.03. The van der Waals surface area contributed by atoms with Gasteiger partial charge in [-0.25, -0.2) is 0 Å². The quantitative estimate of drug-likeness (QED) is 0.547. The minimum Gasteiger partial charge on any atom is -0.469 e. The number of ether oxygens (including phenoxy) is 2. The van der Waals surface area contributed by atoms with Gasteiger partial charge >= 0.3 is 5.97 Å². The van der Waals surface area contributed by atoms with Gasteiger partial charge in [0.2, 0.25) is 0 Å². The van der Waals surface area contributed by atoms with Crippen molar-refractivity contribution in [1.29, 1.82) is 0 Å². The molecule has 0 saturated heterocycles. The fourth-order valence-corrected chi connectivity index (χ4v) is 2.28. The lowest BCUT2D eigenvalue weighted by molar-refractivity contribution is -0.145. The molecule has 0 aromatic heterocycles. The highest BCUT2D eigenvalue weighted by atomic mass is 16.5. The number of hydrogen-bond acceptors (Lipinski definition) is 5. The van der Waals surface area contributed by atoms with Gasteiger partial charge in [-0.2, -0.15) is 0 Å². The number of hydrogen-bond donors (Lipinski definition) is 1. The molecule has 0 spiro atoms. The van der Waals surface area contributed by atoms with E-state index >= 15 is 0 Å². The molecule has 134 valence electrons. The second-order valence-electron chi connectivity index (χ2n) is 5.81. The number of carbonyl (C=O) groups is 2. The van der Waals surface area contributed by atoms with E-state index in [2.05, 4.69) is 0 Å². The van der Waals surface area contributed by atoms with E-state index in [1.807, 2.05) is 26.0 Å². The van der Waals surface area contributed by atoms with E-state index < -0.39 is 5.92 Å². The lowest BCUT2D eigenvalue weighted by atomic mass is 10.0. The third-order valence-electron chi connectivity index (χ3n) is 3.88. The van der Waals surface area contributed by atoms with Crippen LogP contribution < -0.4 is 0 Å². The summed E-state index contributed by atoms with van der Waals surface area (Å²) < 4.78 is 9.99. The zero-order valence-corrected chi connectivity index (χ0v) is 14.9. The molecule has 0 saturated carbocycles. The number of nitrogens with zero attached hydrogens (tertiary/aromatic N) is 1. The van der Waals surface area contributed by atoms with Gasteiger partial charge in [-0.15, -0.1) is 0 Å². The number of methoxy groups -OCH3 is 1. The van der Waals surface area contributed by atoms with Crippen molar-refractivity contribution in [3.8, 4) is 0 Å². The Morgan fingerprint density at radius 1 is 1.21 bits per heavy atom. The molecule has 1 N–H and O–H groups in total. The third kappa shape index (κ3) is 5.94. The molecule has 1 rings (SSSR count). The average Bonchev–Trinajstić information content (AvgIpc) is 2.58. The maximum absolute atomic E-state index is 12.8. The molecule has 6 nitrogen and oxygen atoms in total. The van der Waals surface area contributed by atoms with Gasteiger partial charge in [0.15, 0.2) is 0 Å². The van der Waals surface area contributed by atoms with Crippen LogP contribution >= 0.6 is 0 Å². The molecule has 24 heavy (non-hydrogen) atoms. The van der Waals surface area contributed by atoms with Gasteiger partial charge in [-0.1, -0.05) is 13.0 Å². The standard InChI is InChI=1S/C18H27NO5/c1-13-5-6-16(11-14(13)2)17(21)19(7-9-24-10-8-20)12-15(3)18(22)23-4/h5-6,11,15,20H,7-10,12H2,1-4H3. The van der Waals surface area contributed by atoms with Crippen molar-refractivity contribution in [2.75, 3.05) is 40.0 Å². The predicted molar refractivity (Wildman–Crippen MR) is 90.9 cm³/mol. The van der Waals surface area contributed by atoms with Crippen LogP contribution in [-0.4, -0.2) is 61.9 Å². The Balaban J connectivity index is 2.86. The summed E-state index contributed by atoms with van der Waals surface area (Å²) in [6, 6.07) is 5.55. The normalized spacial score (nSPS) is 11.9. The first-order valence-electron chi connectivity index (χ1n) is 8.03. The molecule has 0 aliphatic rings. The van der Waals surface area contributed by atoms with E-state index in [9.17, 15) is 9.59 Å². The molecule has 0 radical (unpaired) electrons. The summed E-state index contributed by atoms with van der Waals surface area (Å²) in [5.41, 5.74) is 2.74. The topological polar surface area (TPSA) is 76.1 Å². The van der Waals surface area contributed by atoms with Crippen LogP contribution in [0.4, 0.5) is 0 Å². The van der Waals surface area contributed by atoms with Crippen LogP contribution in [0.2, 0.25) is 0 Å². The average molecular weight is 337 g/mol. The van der Waals surface area contributed by atoms with E-state index in [0.717, 1.165) is 11.1 Å². The van der Waals surface area contributed by atoms with Crippen molar-refractivity contribution < 1.29 is 24.2 Å². The Morgan fingerprint density at radius 3 is 2.50 bits per heavy atom. The number of aryl methyl sites for hydroxylation is 2. The number of aliphatic hydroxyl groups excluding tert-OH is 1. The summed E-state index contributed by atoms with van der Waals surface area (Å²) in [5.74, 6) is -0.936. The van der Waals surface area contributed by atoms with Crippen molar-refractivity contribution in [2.24, 2.45) is 5.92 Å². The Morgan fingerprint density at radius 2 is 1.92 bits per heavy atom. The van der Waals surface area contributed by atoms with Gasteiger partial charge in [0, 0.05) is 18.7 Å². The van der Waals surface area contributed by atoms with Crippen LogP contribution in [0.25, 0.3) is 0 Å². The summed E-state index contributed by atoms with van der Waals surface area (Å²) in [6.45, 7) is 6.71. The first kappa shape index (κ1) is 20.1. The molecule has 6 heteroatoms. The number of amides is 1. The highest BCUT2D eigenvalue weighted by molar-refractivity contribution is 5.94. The zero-order valence-electron chi connectivity index (χ0n) is 14.9. The molecule has 1 atom stereocenters. The summed E-state index contributed by atoms with van der Waals surface area (Å²) in [5, 5.41) is 8.76. The SMILES string of the molecule is COC(=O)C(C)CN(CCOCCO)C(=O)c1ccc(C)c(C)c1. The van der Waals surface area contributed by atoms with Gasteiger partial charge in [-0.3, -0.25) is 9.59 Å². The molecule has 1 unspecified atom stereocenters. The van der Waals surface area contributed by atoms with Gasteiger partial charge < -0.3 is 19.5 Å². The smallest absolute Gasteiger partial charge is 0.310 e. The van der Waals surface area contributed by atoms with Crippen molar-refractivity contribution in [1.82, 2.24) is 4.90 Å². The van der Waals surface area contributed by atoms with Crippen molar-refractivity contribution in [3.05, 3.63) is 34.9 Å². The van der Waals surface area contributed by atoms with E-state index in [0.29, 0.717) is 18.7 Å². The molecule has 0 bridgehead atoms. The summed E-state index contributed by atoms with van der Waals surface area (Å²) in [6.07, 6.45) is 0. The highest BCUT2D eigenvalue weighted by Crippen LogP contribution is 2.13. The molecule has 1 aromatic rings. The van der Waals surface area contributed by atoms with E-state index in [1.54, 1.807) is 17.9 Å². The van der Waals surface area contributed by atoms with Crippen LogP contribution in [0.3, 0.4) is 0 Å². The zero-order chi connectivity index (χ0) is 18.1. The molecule has 1 aromatic carbocycles. The predicted octanol–water partition coefficient (Wildman–Crippen LogP) is 1.56. The Kier molecular flexibility index (Phi) is 8.43. The third-order valence-corrected chi connectivity index (χ3v) is 3.88. The summed E-state index contributed by atoms with van der Waals surface area (Å²) in [7, 11) is 1.33. The van der Waals surface area contributed by atoms with Crippen LogP contribution in [0.1, 0.15) is 28.4 Å². The first-order chi connectivity index (χ1) is 11.4. The van der Waals surface area contributed by atoms with Gasteiger partial charge in [0.1, 0.15) is 0 Å². The Labute approximate surface area is 143 Å². The Bertz CT molecular complexity index is 558. The van der Waals surface area contributed by atoms with Crippen LogP contribution in [0, 0.1) is 19.8 Å². The van der Waals surface area contributed by atoms with E-state index in [1.165, 1.54) is 7.11 Å². The Hall–Kier alpha value is -1.92. The minimum absolute atomic E-state index is 0.0658. The van der Waals surface area contributed by atoms with Crippen molar-refractivity contribution in [2.45, 2.75) is 20.8 Å². The maximum Gasteiger partial charge on any atom is 0.310 e. The number of aliphatic hydroxyl groups is 1. The van der Waals surface area contributed by atoms with Crippen molar-refractivity contribution in [3.63, 3.8) is 0 Å². The number of rotatable bonds is 9. The second kappa shape index (κ2) is 10.1. The molecule has 0 aliphatic carbocycles. The monoisotopic (exact) mass is 337 g/mol. The molecular formula is C18H27NO5. The molecule has 1 amide bonds. The molecule has 0 fully saturated rings. The van der Waals surface area contributed by atoms with Crippen LogP contribution in [0.5, 0.6) is 0 Å². The number of benzene rings is 1. The van der Waals surface area contributed by atoms with E-state index in [-0.39, 0.29) is 31.6 Å². The fraction of sp³-hybridized carbons (Fsp3) is 0.556. The van der Waals surface area contributed by atoms with Crippen molar-refractivity contribution >= 4 is 11.9 Å². The fourth-order valence-electron chi connectivity index (χ4n) is 2.28. The van der Waals surface area contributed by atoms with Crippen LogP contribution in [-0.2, 0) is 14.3 Å². The second-order valence-corrected chi connectivity index (χ2v) is 5.81. The highest BCUT2D eigenvalue weighted by Gasteiger charge is 2.22. The van der Waals surface area contributed by atoms with Gasteiger partial charge in [-0.05, 0) is 37.1 Å². The number of esters is 1. The maximum atomic E-state index is 12.8. The lowest BCUT2D eigenvalue weighted by Gasteiger charge is -2.25. The largest absolute Gasteiger partial charge is 0.469 e. The van der Waals surface area contributed by atoms with Gasteiger partial charge in [0.25, 0.3) is 5.91 Å². The molecule has 0 aliphatic heterocycles. The minimum atomic E-state index is -0.427. The molecular weight excluding hydrogens is 310 g/mol. The lowest BCUT2D eigenvalue weighted by Crippen LogP contribution is -2.39.